The molecule has 2 aromatic rings. The molecule has 3 N–H and O–H groups in total. The average molecular weight is 259 g/mol. The molecule has 2 heterocycles. The van der Waals surface area contributed by atoms with Gasteiger partial charge in [0.15, 0.2) is 0 Å². The van der Waals surface area contributed by atoms with Crippen LogP contribution >= 0.6 is 0 Å². The van der Waals surface area contributed by atoms with Gasteiger partial charge >= 0.3 is 0 Å². The molecule has 5 nitrogen and oxygen atoms in total. The van der Waals surface area contributed by atoms with Crippen molar-refractivity contribution in [3.05, 3.63) is 24.5 Å². The highest BCUT2D eigenvalue weighted by atomic mass is 15.2. The highest BCUT2D eigenvalue weighted by molar-refractivity contribution is 5.78. The van der Waals surface area contributed by atoms with E-state index in [1.165, 1.54) is 0 Å². The standard InChI is InChI=1S/C14H21N5/c1-19-7-6-15-9-12(19)4-5-16-11-2-3-13-14(8-11)18-10-17-13/h2-3,8,10,12,15-16H,4-7,9H2,1H3,(H,17,18). The van der Waals surface area contributed by atoms with E-state index >= 15 is 0 Å². The summed E-state index contributed by atoms with van der Waals surface area (Å²) in [5, 5.41) is 6.94. The van der Waals surface area contributed by atoms with Gasteiger partial charge < -0.3 is 20.5 Å². The number of benzene rings is 1. The summed E-state index contributed by atoms with van der Waals surface area (Å²) in [6.45, 7) is 4.34. The first-order valence-corrected chi connectivity index (χ1v) is 6.91. The molecule has 1 atom stereocenters. The zero-order valence-corrected chi connectivity index (χ0v) is 11.3. The number of nitrogens with one attached hydrogen (secondary N) is 3. The van der Waals surface area contributed by atoms with Gasteiger partial charge in [0.25, 0.3) is 0 Å². The van der Waals surface area contributed by atoms with Gasteiger partial charge in [-0.1, -0.05) is 0 Å². The summed E-state index contributed by atoms with van der Waals surface area (Å²) in [5.41, 5.74) is 3.26. The van der Waals surface area contributed by atoms with Gasteiger partial charge in [-0.05, 0) is 31.7 Å². The van der Waals surface area contributed by atoms with Crippen LogP contribution in [0.25, 0.3) is 11.0 Å². The molecule has 3 rings (SSSR count). The molecule has 102 valence electrons. The van der Waals surface area contributed by atoms with Crippen molar-refractivity contribution >= 4 is 16.7 Å². The highest BCUT2D eigenvalue weighted by Crippen LogP contribution is 2.16. The third-order valence-corrected chi connectivity index (χ3v) is 3.87. The number of imidazole rings is 1. The van der Waals surface area contributed by atoms with E-state index in [1.54, 1.807) is 6.33 Å². The number of H-pyrrole nitrogens is 1. The second-order valence-electron chi connectivity index (χ2n) is 5.19. The van der Waals surface area contributed by atoms with Gasteiger partial charge in [0, 0.05) is 37.9 Å². The van der Waals surface area contributed by atoms with E-state index < -0.39 is 0 Å². The minimum atomic E-state index is 0.636. The molecule has 1 saturated heterocycles. The smallest absolute Gasteiger partial charge is 0.0931 e. The van der Waals surface area contributed by atoms with Crippen molar-refractivity contribution in [1.82, 2.24) is 20.2 Å². The summed E-state index contributed by atoms with van der Waals surface area (Å²) >= 11 is 0. The van der Waals surface area contributed by atoms with Gasteiger partial charge in [-0.3, -0.25) is 0 Å². The van der Waals surface area contributed by atoms with Crippen LogP contribution in [0.3, 0.4) is 0 Å². The molecule has 1 aromatic carbocycles. The predicted molar refractivity (Wildman–Crippen MR) is 78.5 cm³/mol. The van der Waals surface area contributed by atoms with Crippen LogP contribution in [0, 0.1) is 0 Å². The molecule has 0 bridgehead atoms. The Hall–Kier alpha value is -1.59. The van der Waals surface area contributed by atoms with Crippen molar-refractivity contribution in [2.45, 2.75) is 12.5 Å². The fourth-order valence-electron chi connectivity index (χ4n) is 2.61. The van der Waals surface area contributed by atoms with Crippen LogP contribution in [0.1, 0.15) is 6.42 Å². The Morgan fingerprint density at radius 2 is 2.42 bits per heavy atom. The van der Waals surface area contributed by atoms with Gasteiger partial charge in [-0.2, -0.15) is 0 Å². The van der Waals surface area contributed by atoms with E-state index in [0.29, 0.717) is 6.04 Å². The van der Waals surface area contributed by atoms with E-state index in [4.69, 9.17) is 0 Å². The third kappa shape index (κ3) is 2.88. The molecule has 19 heavy (non-hydrogen) atoms. The van der Waals surface area contributed by atoms with Crippen LogP contribution in [0.2, 0.25) is 0 Å². The molecular weight excluding hydrogens is 238 g/mol. The maximum absolute atomic E-state index is 4.23. The van der Waals surface area contributed by atoms with Crippen molar-refractivity contribution in [2.75, 3.05) is 38.5 Å². The van der Waals surface area contributed by atoms with Gasteiger partial charge in [-0.15, -0.1) is 0 Å². The van der Waals surface area contributed by atoms with Gasteiger partial charge in [0.2, 0.25) is 0 Å². The van der Waals surface area contributed by atoms with Gasteiger partial charge in [0.1, 0.15) is 0 Å². The summed E-state index contributed by atoms with van der Waals surface area (Å²) in [6.07, 6.45) is 2.89. The van der Waals surface area contributed by atoms with E-state index in [2.05, 4.69) is 44.7 Å². The monoisotopic (exact) mass is 259 g/mol. The molecule has 1 aromatic heterocycles. The zero-order chi connectivity index (χ0) is 13.1. The summed E-state index contributed by atoms with van der Waals surface area (Å²) in [5.74, 6) is 0. The average Bonchev–Trinajstić information content (AvgIpc) is 2.88. The molecule has 1 aliphatic heterocycles. The van der Waals surface area contributed by atoms with E-state index in [0.717, 1.165) is 49.3 Å². The lowest BCUT2D eigenvalue weighted by Crippen LogP contribution is -2.49. The first-order valence-electron chi connectivity index (χ1n) is 6.91. The van der Waals surface area contributed by atoms with Crippen molar-refractivity contribution < 1.29 is 0 Å². The number of piperazine rings is 1. The molecule has 0 amide bonds. The highest BCUT2D eigenvalue weighted by Gasteiger charge is 2.17. The second-order valence-corrected chi connectivity index (χ2v) is 5.19. The molecule has 0 spiro atoms. The topological polar surface area (TPSA) is 56.0 Å². The zero-order valence-electron chi connectivity index (χ0n) is 11.3. The number of likely N-dealkylation sites (N-methyl/N-ethyl adjacent to an activating group) is 1. The minimum absolute atomic E-state index is 0.636. The quantitative estimate of drug-likeness (QED) is 0.774. The number of anilines is 1. The second kappa shape index (κ2) is 5.59. The van der Waals surface area contributed by atoms with Crippen LogP contribution in [-0.4, -0.2) is 54.1 Å². The number of rotatable bonds is 4. The summed E-state index contributed by atoms with van der Waals surface area (Å²) in [6, 6.07) is 6.89. The molecule has 0 radical (unpaired) electrons. The van der Waals surface area contributed by atoms with E-state index in [-0.39, 0.29) is 0 Å². The van der Waals surface area contributed by atoms with Crippen LogP contribution in [0.15, 0.2) is 24.5 Å². The predicted octanol–water partition coefficient (Wildman–Crippen LogP) is 1.27. The van der Waals surface area contributed by atoms with Crippen LogP contribution < -0.4 is 10.6 Å². The maximum atomic E-state index is 4.23. The number of hydrogen-bond donors (Lipinski definition) is 3. The molecule has 0 saturated carbocycles. The molecule has 5 heteroatoms. The molecule has 1 unspecified atom stereocenters. The number of nitrogens with zero attached hydrogens (tertiary/aromatic N) is 2. The Morgan fingerprint density at radius 1 is 1.47 bits per heavy atom. The number of fused-ring (bicyclic) bond motifs is 1. The molecular formula is C14H21N5. The maximum Gasteiger partial charge on any atom is 0.0931 e. The molecule has 0 aliphatic carbocycles. The van der Waals surface area contributed by atoms with Crippen LogP contribution in [0.4, 0.5) is 5.69 Å². The van der Waals surface area contributed by atoms with E-state index in [1.807, 2.05) is 6.07 Å². The van der Waals surface area contributed by atoms with Crippen LogP contribution in [0.5, 0.6) is 0 Å². The Balaban J connectivity index is 1.53. The lowest BCUT2D eigenvalue weighted by Gasteiger charge is -2.33. The van der Waals surface area contributed by atoms with Gasteiger partial charge in [-0.25, -0.2) is 4.98 Å². The fraction of sp³-hybridized carbons (Fsp3) is 0.500. The summed E-state index contributed by atoms with van der Waals surface area (Å²) < 4.78 is 0. The fourth-order valence-corrected chi connectivity index (χ4v) is 2.61. The first kappa shape index (κ1) is 12.4. The van der Waals surface area contributed by atoms with Crippen LogP contribution in [-0.2, 0) is 0 Å². The Bertz CT molecular complexity index is 535. The van der Waals surface area contributed by atoms with Crippen molar-refractivity contribution in [3.63, 3.8) is 0 Å². The molecule has 1 aliphatic rings. The first-order chi connectivity index (χ1) is 9.33. The minimum Gasteiger partial charge on any atom is -0.385 e. The Morgan fingerprint density at radius 3 is 3.32 bits per heavy atom. The largest absolute Gasteiger partial charge is 0.385 e. The number of aromatic nitrogens is 2. The number of hydrogen-bond acceptors (Lipinski definition) is 4. The Labute approximate surface area is 113 Å². The third-order valence-electron chi connectivity index (χ3n) is 3.87. The lowest BCUT2D eigenvalue weighted by molar-refractivity contribution is 0.194. The SMILES string of the molecule is CN1CCNCC1CCNc1ccc2nc[nH]c2c1. The Kier molecular flexibility index (Phi) is 3.66. The number of aromatic amines is 1. The molecule has 1 fully saturated rings. The summed E-state index contributed by atoms with van der Waals surface area (Å²) in [7, 11) is 2.21. The van der Waals surface area contributed by atoms with Crippen molar-refractivity contribution in [3.8, 4) is 0 Å². The van der Waals surface area contributed by atoms with E-state index in [9.17, 15) is 0 Å². The van der Waals surface area contributed by atoms with Gasteiger partial charge in [0.05, 0.1) is 17.4 Å². The van der Waals surface area contributed by atoms with Crippen molar-refractivity contribution in [1.29, 1.82) is 0 Å². The normalized spacial score (nSPS) is 20.8. The van der Waals surface area contributed by atoms with Crippen molar-refractivity contribution in [2.24, 2.45) is 0 Å². The summed E-state index contributed by atoms with van der Waals surface area (Å²) in [4.78, 5) is 9.80. The lowest BCUT2D eigenvalue weighted by atomic mass is 10.1.